The molecule has 0 bridgehead atoms. The number of nitrogens with one attached hydrogen (secondary N) is 1. The van der Waals surface area contributed by atoms with Gasteiger partial charge >= 0.3 is 0 Å². The van der Waals surface area contributed by atoms with E-state index in [0.29, 0.717) is 29.3 Å². The molecule has 0 atom stereocenters. The number of ketones is 1. The number of thiazole rings is 1. The average Bonchev–Trinajstić information content (AvgIpc) is 3.14. The molecule has 0 aliphatic rings. The molecule has 30 heavy (non-hydrogen) atoms. The number of hydrogen-bond acceptors (Lipinski definition) is 5. The number of aromatic nitrogens is 1. The van der Waals surface area contributed by atoms with Crippen molar-refractivity contribution < 1.29 is 23.1 Å². The van der Waals surface area contributed by atoms with E-state index in [4.69, 9.17) is 4.74 Å². The first kappa shape index (κ1) is 21.6. The van der Waals surface area contributed by atoms with Gasteiger partial charge in [0, 0.05) is 30.0 Å². The highest BCUT2D eigenvalue weighted by molar-refractivity contribution is 7.15. The zero-order valence-corrected chi connectivity index (χ0v) is 17.1. The smallest absolute Gasteiger partial charge is 0.264 e. The summed E-state index contributed by atoms with van der Waals surface area (Å²) in [5.41, 5.74) is 1.38. The van der Waals surface area contributed by atoms with E-state index in [1.54, 1.807) is 25.3 Å². The highest BCUT2D eigenvalue weighted by Crippen LogP contribution is 2.23. The predicted octanol–water partition coefficient (Wildman–Crippen LogP) is 4.55. The molecule has 0 saturated heterocycles. The summed E-state index contributed by atoms with van der Waals surface area (Å²) in [6.45, 7) is 1.37. The first-order valence-corrected chi connectivity index (χ1v) is 10.1. The molecule has 5 nitrogen and oxygen atoms in total. The van der Waals surface area contributed by atoms with Crippen molar-refractivity contribution in [2.75, 3.05) is 11.9 Å². The number of carbonyl (C=O) groups is 2. The molecular formula is C22H20F2N2O3S. The maximum absolute atomic E-state index is 13.8. The molecule has 156 valence electrons. The van der Waals surface area contributed by atoms with Gasteiger partial charge in [-0.05, 0) is 42.7 Å². The SMILES string of the molecule is CC(=O)CCc1ccc(OCC(=O)Nc2ncc(Cc3ccc(F)cc3F)s2)cc1. The molecule has 3 aromatic rings. The fourth-order valence-electron chi connectivity index (χ4n) is 2.68. The van der Waals surface area contributed by atoms with Gasteiger partial charge in [0.25, 0.3) is 5.91 Å². The largest absolute Gasteiger partial charge is 0.484 e. The highest BCUT2D eigenvalue weighted by atomic mass is 32.1. The summed E-state index contributed by atoms with van der Waals surface area (Å²) in [5, 5.41) is 3.01. The molecule has 0 aliphatic heterocycles. The Hall–Kier alpha value is -3.13. The fraction of sp³-hybridized carbons (Fsp3) is 0.227. The lowest BCUT2D eigenvalue weighted by Gasteiger charge is -2.07. The number of nitrogens with zero attached hydrogens (tertiary/aromatic N) is 1. The van der Waals surface area contributed by atoms with Crippen LogP contribution in [0.15, 0.2) is 48.7 Å². The van der Waals surface area contributed by atoms with Crippen LogP contribution in [0.5, 0.6) is 5.75 Å². The molecule has 0 unspecified atom stereocenters. The number of aryl methyl sites for hydroxylation is 1. The molecule has 0 aliphatic carbocycles. The van der Waals surface area contributed by atoms with Crippen LogP contribution in [0.4, 0.5) is 13.9 Å². The van der Waals surface area contributed by atoms with Gasteiger partial charge < -0.3 is 9.53 Å². The first-order valence-electron chi connectivity index (χ1n) is 9.28. The Kier molecular flexibility index (Phi) is 7.24. The number of anilines is 1. The van der Waals surface area contributed by atoms with E-state index in [2.05, 4.69) is 10.3 Å². The molecular weight excluding hydrogens is 410 g/mol. The topological polar surface area (TPSA) is 68.3 Å². The monoisotopic (exact) mass is 430 g/mol. The normalized spacial score (nSPS) is 10.6. The number of ether oxygens (including phenoxy) is 1. The minimum absolute atomic E-state index is 0.139. The summed E-state index contributed by atoms with van der Waals surface area (Å²) in [4.78, 5) is 28.0. The second-order valence-corrected chi connectivity index (χ2v) is 7.84. The van der Waals surface area contributed by atoms with Crippen molar-refractivity contribution in [3.8, 4) is 5.75 Å². The second-order valence-electron chi connectivity index (χ2n) is 6.73. The van der Waals surface area contributed by atoms with Gasteiger partial charge in [0.15, 0.2) is 11.7 Å². The molecule has 0 radical (unpaired) electrons. The van der Waals surface area contributed by atoms with Gasteiger partial charge in [-0.15, -0.1) is 11.3 Å². The van der Waals surface area contributed by atoms with Gasteiger partial charge in [0.05, 0.1) is 0 Å². The minimum atomic E-state index is -0.626. The Morgan fingerprint density at radius 3 is 2.60 bits per heavy atom. The Balaban J connectivity index is 1.48. The van der Waals surface area contributed by atoms with E-state index in [1.807, 2.05) is 12.1 Å². The van der Waals surface area contributed by atoms with Crippen molar-refractivity contribution in [3.05, 3.63) is 76.3 Å². The van der Waals surface area contributed by atoms with Crippen molar-refractivity contribution in [2.24, 2.45) is 0 Å². The van der Waals surface area contributed by atoms with Crippen molar-refractivity contribution >= 4 is 28.2 Å². The predicted molar refractivity (Wildman–Crippen MR) is 111 cm³/mol. The van der Waals surface area contributed by atoms with Crippen LogP contribution in [0, 0.1) is 11.6 Å². The summed E-state index contributed by atoms with van der Waals surface area (Å²) < 4.78 is 32.2. The van der Waals surface area contributed by atoms with Crippen molar-refractivity contribution in [2.45, 2.75) is 26.2 Å². The zero-order valence-electron chi connectivity index (χ0n) is 16.3. The standard InChI is InChI=1S/C22H20F2N2O3S/c1-14(27)2-3-15-4-8-18(9-5-15)29-13-21(28)26-22-25-12-19(30-22)10-16-6-7-17(23)11-20(16)24/h4-9,11-12H,2-3,10,13H2,1H3,(H,25,26,28). The summed E-state index contributed by atoms with van der Waals surface area (Å²) in [7, 11) is 0. The second kappa shape index (κ2) is 10.1. The summed E-state index contributed by atoms with van der Waals surface area (Å²) in [6, 6.07) is 10.7. The maximum atomic E-state index is 13.8. The van der Waals surface area contributed by atoms with Crippen LogP contribution in [0.3, 0.4) is 0 Å². The van der Waals surface area contributed by atoms with Gasteiger partial charge in [-0.3, -0.25) is 10.1 Å². The summed E-state index contributed by atoms with van der Waals surface area (Å²) >= 11 is 1.21. The number of benzene rings is 2. The quantitative estimate of drug-likeness (QED) is 0.541. The molecule has 1 amide bonds. The van der Waals surface area contributed by atoms with Crippen LogP contribution < -0.4 is 10.1 Å². The zero-order chi connectivity index (χ0) is 21.5. The lowest BCUT2D eigenvalue weighted by atomic mass is 10.1. The van der Waals surface area contributed by atoms with Crippen LogP contribution in [-0.4, -0.2) is 23.3 Å². The maximum Gasteiger partial charge on any atom is 0.264 e. The van der Waals surface area contributed by atoms with Gasteiger partial charge in [-0.1, -0.05) is 18.2 Å². The van der Waals surface area contributed by atoms with Crippen LogP contribution in [0.2, 0.25) is 0 Å². The number of rotatable bonds is 9. The van der Waals surface area contributed by atoms with E-state index in [9.17, 15) is 18.4 Å². The van der Waals surface area contributed by atoms with E-state index in [1.165, 1.54) is 23.5 Å². The number of hydrogen-bond donors (Lipinski definition) is 1. The molecule has 0 fully saturated rings. The third-order valence-electron chi connectivity index (χ3n) is 4.24. The van der Waals surface area contributed by atoms with E-state index in [0.717, 1.165) is 16.5 Å². The van der Waals surface area contributed by atoms with Gasteiger partial charge in [0.2, 0.25) is 0 Å². The van der Waals surface area contributed by atoms with E-state index in [-0.39, 0.29) is 24.7 Å². The molecule has 1 heterocycles. The van der Waals surface area contributed by atoms with E-state index >= 15 is 0 Å². The van der Waals surface area contributed by atoms with Gasteiger partial charge in [-0.2, -0.15) is 0 Å². The van der Waals surface area contributed by atoms with Crippen LogP contribution in [0.1, 0.15) is 29.3 Å². The summed E-state index contributed by atoms with van der Waals surface area (Å²) in [5.74, 6) is -0.929. The molecule has 8 heteroatoms. The third kappa shape index (κ3) is 6.45. The molecule has 1 aromatic heterocycles. The number of Topliss-reactive ketones (excluding diaryl/α,β-unsaturated/α-hetero) is 1. The van der Waals surface area contributed by atoms with Crippen LogP contribution >= 0.6 is 11.3 Å². The molecule has 0 spiro atoms. The Morgan fingerprint density at radius 1 is 1.13 bits per heavy atom. The summed E-state index contributed by atoms with van der Waals surface area (Å²) in [6.07, 6.45) is 2.96. The number of carbonyl (C=O) groups excluding carboxylic acids is 2. The van der Waals surface area contributed by atoms with Crippen LogP contribution in [0.25, 0.3) is 0 Å². The Labute approximate surface area is 176 Å². The molecule has 3 rings (SSSR count). The minimum Gasteiger partial charge on any atom is -0.484 e. The van der Waals surface area contributed by atoms with Crippen molar-refractivity contribution in [1.82, 2.24) is 4.98 Å². The highest BCUT2D eigenvalue weighted by Gasteiger charge is 2.11. The molecule has 1 N–H and O–H groups in total. The molecule has 0 saturated carbocycles. The first-order chi connectivity index (χ1) is 14.4. The van der Waals surface area contributed by atoms with Crippen molar-refractivity contribution in [1.29, 1.82) is 0 Å². The lowest BCUT2D eigenvalue weighted by molar-refractivity contribution is -0.118. The fourth-order valence-corrected chi connectivity index (χ4v) is 3.53. The number of halogens is 2. The van der Waals surface area contributed by atoms with Gasteiger partial charge in [0.1, 0.15) is 23.2 Å². The lowest BCUT2D eigenvalue weighted by Crippen LogP contribution is -2.19. The molecule has 2 aromatic carbocycles. The van der Waals surface area contributed by atoms with Crippen molar-refractivity contribution in [3.63, 3.8) is 0 Å². The van der Waals surface area contributed by atoms with Gasteiger partial charge in [-0.25, -0.2) is 13.8 Å². The Bertz CT molecular complexity index is 1040. The third-order valence-corrected chi connectivity index (χ3v) is 5.15. The van der Waals surface area contributed by atoms with E-state index < -0.39 is 11.6 Å². The Morgan fingerprint density at radius 2 is 1.90 bits per heavy atom. The average molecular weight is 430 g/mol. The van der Waals surface area contributed by atoms with Crippen LogP contribution in [-0.2, 0) is 22.4 Å². The number of amides is 1.